The second-order valence-corrected chi connectivity index (χ2v) is 4.06. The Morgan fingerprint density at radius 3 is 1.77 bits per heavy atom. The molecule has 72 valence electrons. The number of rotatable bonds is 0. The van der Waals surface area contributed by atoms with Crippen molar-refractivity contribution in [2.24, 2.45) is 0 Å². The molecule has 1 rings (SSSR count). The summed E-state index contributed by atoms with van der Waals surface area (Å²) in [6.07, 6.45) is -4.35. The third-order valence-electron chi connectivity index (χ3n) is 1.41. The van der Waals surface area contributed by atoms with Gasteiger partial charge in [-0.05, 0) is 44.0 Å². The monoisotopic (exact) mass is 317 g/mol. The molecule has 1 aromatic carbocycles. The molecular weight excluding hydrogens is 315 g/mol. The van der Waals surface area contributed by atoms with E-state index in [2.05, 4.69) is 31.9 Å². The lowest BCUT2D eigenvalue weighted by atomic mass is 10.2. The Morgan fingerprint density at radius 1 is 1.08 bits per heavy atom. The van der Waals surface area contributed by atoms with Gasteiger partial charge in [0.05, 0.1) is 11.3 Å². The molecule has 0 aliphatic carbocycles. The predicted molar refractivity (Wildman–Crippen MR) is 51.3 cm³/mol. The third kappa shape index (κ3) is 2.37. The molecule has 0 amide bonds. The summed E-state index contributed by atoms with van der Waals surface area (Å²) in [6, 6.07) is 1.89. The van der Waals surface area contributed by atoms with Gasteiger partial charge in [-0.15, -0.1) is 0 Å². The Hall–Kier alpha value is -0.230. The molecule has 0 fully saturated rings. The number of nitrogens with two attached hydrogens (primary N) is 1. The minimum atomic E-state index is -4.35. The molecule has 13 heavy (non-hydrogen) atoms. The summed E-state index contributed by atoms with van der Waals surface area (Å²) >= 11 is 5.87. The van der Waals surface area contributed by atoms with Crippen LogP contribution in [0.4, 0.5) is 18.9 Å². The first-order chi connectivity index (χ1) is 5.82. The highest BCUT2D eigenvalue weighted by molar-refractivity contribution is 9.11. The zero-order valence-corrected chi connectivity index (χ0v) is 9.29. The fourth-order valence-corrected chi connectivity index (χ4v) is 1.93. The molecule has 2 N–H and O–H groups in total. The normalized spacial score (nSPS) is 11.8. The Balaban J connectivity index is 3.29. The second kappa shape index (κ2) is 3.49. The van der Waals surface area contributed by atoms with E-state index in [1.54, 1.807) is 0 Å². The lowest BCUT2D eigenvalue weighted by Gasteiger charge is -2.09. The zero-order valence-electron chi connectivity index (χ0n) is 6.12. The van der Waals surface area contributed by atoms with Crippen LogP contribution < -0.4 is 5.73 Å². The number of hydrogen-bond donors (Lipinski definition) is 1. The first kappa shape index (κ1) is 10.8. The van der Waals surface area contributed by atoms with Gasteiger partial charge in [0.2, 0.25) is 0 Å². The molecule has 0 saturated carbocycles. The maximum atomic E-state index is 12.2. The van der Waals surface area contributed by atoms with E-state index in [1.165, 1.54) is 0 Å². The molecule has 1 aromatic rings. The van der Waals surface area contributed by atoms with Crippen molar-refractivity contribution in [1.82, 2.24) is 0 Å². The molecule has 0 bridgehead atoms. The molecular formula is C7H4Br2F3N. The van der Waals surface area contributed by atoms with Crippen molar-refractivity contribution in [3.63, 3.8) is 0 Å². The molecule has 6 heteroatoms. The molecule has 1 nitrogen and oxygen atoms in total. The molecule has 0 heterocycles. The Kier molecular flexibility index (Phi) is 2.91. The smallest absolute Gasteiger partial charge is 0.397 e. The van der Waals surface area contributed by atoms with Crippen LogP contribution in [0.15, 0.2) is 21.1 Å². The van der Waals surface area contributed by atoms with E-state index >= 15 is 0 Å². The predicted octanol–water partition coefficient (Wildman–Crippen LogP) is 3.81. The molecule has 0 atom stereocenters. The quantitative estimate of drug-likeness (QED) is 0.723. The standard InChI is InChI=1S/C7H4Br2F3N/c8-4-1-3(7(10,11)12)2-5(9)6(4)13/h1-2H,13H2. The summed E-state index contributed by atoms with van der Waals surface area (Å²) in [6.45, 7) is 0. The van der Waals surface area contributed by atoms with Gasteiger partial charge in [-0.2, -0.15) is 13.2 Å². The van der Waals surface area contributed by atoms with Crippen LogP contribution >= 0.6 is 31.9 Å². The van der Waals surface area contributed by atoms with Crippen LogP contribution in [-0.2, 0) is 6.18 Å². The van der Waals surface area contributed by atoms with E-state index in [4.69, 9.17) is 5.73 Å². The van der Waals surface area contributed by atoms with Gasteiger partial charge < -0.3 is 5.73 Å². The van der Waals surface area contributed by atoms with Crippen LogP contribution in [0.2, 0.25) is 0 Å². The minimum absolute atomic E-state index is 0.231. The van der Waals surface area contributed by atoms with E-state index in [1.807, 2.05) is 0 Å². The summed E-state index contributed by atoms with van der Waals surface area (Å²) < 4.78 is 37.1. The number of halogens is 5. The van der Waals surface area contributed by atoms with Gasteiger partial charge in [-0.3, -0.25) is 0 Å². The highest BCUT2D eigenvalue weighted by atomic mass is 79.9. The van der Waals surface area contributed by atoms with E-state index in [-0.39, 0.29) is 14.6 Å². The zero-order chi connectivity index (χ0) is 10.2. The van der Waals surface area contributed by atoms with Gasteiger partial charge in [-0.1, -0.05) is 0 Å². The molecule has 0 aliphatic rings. The van der Waals surface area contributed by atoms with Crippen molar-refractivity contribution in [2.45, 2.75) is 6.18 Å². The van der Waals surface area contributed by atoms with Gasteiger partial charge in [-0.25, -0.2) is 0 Å². The molecule has 0 saturated heterocycles. The Labute approximate surface area is 89.4 Å². The summed E-state index contributed by atoms with van der Waals surface area (Å²) in [4.78, 5) is 0. The van der Waals surface area contributed by atoms with Gasteiger partial charge in [0.15, 0.2) is 0 Å². The van der Waals surface area contributed by atoms with E-state index < -0.39 is 11.7 Å². The van der Waals surface area contributed by atoms with E-state index in [9.17, 15) is 13.2 Å². The third-order valence-corrected chi connectivity index (χ3v) is 2.72. The first-order valence-corrected chi connectivity index (χ1v) is 4.72. The maximum Gasteiger partial charge on any atom is 0.416 e. The highest BCUT2D eigenvalue weighted by Crippen LogP contribution is 2.37. The summed E-state index contributed by atoms with van der Waals surface area (Å²) in [7, 11) is 0. The SMILES string of the molecule is Nc1c(Br)cc(C(F)(F)F)cc1Br. The van der Waals surface area contributed by atoms with Crippen molar-refractivity contribution in [2.75, 3.05) is 5.73 Å². The van der Waals surface area contributed by atoms with E-state index in [0.717, 1.165) is 12.1 Å². The fourth-order valence-electron chi connectivity index (χ4n) is 0.748. The average Bonchev–Trinajstić information content (AvgIpc) is 1.97. The Bertz CT molecular complexity index is 312. The molecule has 0 radical (unpaired) electrons. The van der Waals surface area contributed by atoms with Gasteiger partial charge in [0, 0.05) is 8.95 Å². The van der Waals surface area contributed by atoms with Crippen molar-refractivity contribution < 1.29 is 13.2 Å². The van der Waals surface area contributed by atoms with Crippen molar-refractivity contribution >= 4 is 37.5 Å². The molecule has 0 spiro atoms. The number of anilines is 1. The highest BCUT2D eigenvalue weighted by Gasteiger charge is 2.31. The van der Waals surface area contributed by atoms with E-state index in [0.29, 0.717) is 0 Å². The van der Waals surface area contributed by atoms with Crippen LogP contribution in [0.25, 0.3) is 0 Å². The summed E-state index contributed by atoms with van der Waals surface area (Å²) in [5, 5.41) is 0. The van der Waals surface area contributed by atoms with Crippen LogP contribution in [0.3, 0.4) is 0 Å². The number of hydrogen-bond acceptors (Lipinski definition) is 1. The van der Waals surface area contributed by atoms with Crippen LogP contribution in [0.1, 0.15) is 5.56 Å². The van der Waals surface area contributed by atoms with Crippen molar-refractivity contribution in [1.29, 1.82) is 0 Å². The summed E-state index contributed by atoms with van der Waals surface area (Å²) in [5.41, 5.74) is 4.95. The lowest BCUT2D eigenvalue weighted by molar-refractivity contribution is -0.137. The lowest BCUT2D eigenvalue weighted by Crippen LogP contribution is -2.05. The second-order valence-electron chi connectivity index (χ2n) is 2.35. The van der Waals surface area contributed by atoms with Crippen LogP contribution in [0, 0.1) is 0 Å². The average molecular weight is 319 g/mol. The van der Waals surface area contributed by atoms with Gasteiger partial charge >= 0.3 is 6.18 Å². The van der Waals surface area contributed by atoms with Crippen molar-refractivity contribution in [3.8, 4) is 0 Å². The largest absolute Gasteiger partial charge is 0.416 e. The topological polar surface area (TPSA) is 26.0 Å². The Morgan fingerprint density at radius 2 is 1.46 bits per heavy atom. The fraction of sp³-hybridized carbons (Fsp3) is 0.143. The van der Waals surface area contributed by atoms with Crippen LogP contribution in [-0.4, -0.2) is 0 Å². The summed E-state index contributed by atoms with van der Waals surface area (Å²) in [5.74, 6) is 0. The molecule has 0 unspecified atom stereocenters. The molecule has 0 aliphatic heterocycles. The van der Waals surface area contributed by atoms with Gasteiger partial charge in [0.1, 0.15) is 0 Å². The van der Waals surface area contributed by atoms with Gasteiger partial charge in [0.25, 0.3) is 0 Å². The van der Waals surface area contributed by atoms with Crippen LogP contribution in [0.5, 0.6) is 0 Å². The number of nitrogen functional groups attached to an aromatic ring is 1. The molecule has 0 aromatic heterocycles. The number of alkyl halides is 3. The van der Waals surface area contributed by atoms with Crippen molar-refractivity contribution in [3.05, 3.63) is 26.6 Å². The number of benzene rings is 1. The first-order valence-electron chi connectivity index (χ1n) is 3.14. The minimum Gasteiger partial charge on any atom is -0.397 e. The maximum absolute atomic E-state index is 12.2.